The van der Waals surface area contributed by atoms with Gasteiger partial charge in [-0.1, -0.05) is 6.07 Å². The maximum Gasteiger partial charge on any atom is 0.495 e. The van der Waals surface area contributed by atoms with Crippen molar-refractivity contribution < 1.29 is 13.7 Å². The van der Waals surface area contributed by atoms with E-state index in [1.807, 2.05) is 33.8 Å². The summed E-state index contributed by atoms with van der Waals surface area (Å²) >= 11 is 0. The molecule has 1 aromatic rings. The van der Waals surface area contributed by atoms with Crippen LogP contribution in [-0.2, 0) is 15.7 Å². The minimum Gasteiger partial charge on any atom is -0.399 e. The van der Waals surface area contributed by atoms with Crippen LogP contribution in [0.25, 0.3) is 0 Å². The lowest BCUT2D eigenvalue weighted by Crippen LogP contribution is -2.41. The molecule has 0 bridgehead atoms. The molecule has 0 radical (unpaired) electrons. The molecule has 0 amide bonds. The Kier molecular flexibility index (Phi) is 3.22. The van der Waals surface area contributed by atoms with Gasteiger partial charge in [-0.3, -0.25) is 0 Å². The summed E-state index contributed by atoms with van der Waals surface area (Å²) in [4.78, 5) is 0. The number of benzene rings is 1. The molecule has 2 aliphatic rings. The second-order valence-corrected chi connectivity index (χ2v) is 7.08. The largest absolute Gasteiger partial charge is 0.495 e. The molecule has 0 N–H and O–H groups in total. The van der Waals surface area contributed by atoms with Crippen LogP contribution in [0.4, 0.5) is 4.39 Å². The third-order valence-electron chi connectivity index (χ3n) is 4.82. The molecule has 0 spiro atoms. The van der Waals surface area contributed by atoms with Crippen LogP contribution in [0.3, 0.4) is 0 Å². The average Bonchev–Trinajstić information content (AvgIpc) is 3.10. The Morgan fingerprint density at radius 3 is 2.30 bits per heavy atom. The predicted octanol–water partition coefficient (Wildman–Crippen LogP) is 3.08. The van der Waals surface area contributed by atoms with Crippen molar-refractivity contribution in [3.8, 4) is 0 Å². The summed E-state index contributed by atoms with van der Waals surface area (Å²) in [6.07, 6.45) is 3.56. The highest BCUT2D eigenvalue weighted by molar-refractivity contribution is 6.62. The van der Waals surface area contributed by atoms with Gasteiger partial charge in [0.2, 0.25) is 0 Å². The van der Waals surface area contributed by atoms with E-state index >= 15 is 0 Å². The highest BCUT2D eigenvalue weighted by atomic mass is 19.1. The van der Waals surface area contributed by atoms with Crippen LogP contribution in [0.1, 0.15) is 46.1 Å². The number of halogens is 1. The quantitative estimate of drug-likeness (QED) is 0.790. The van der Waals surface area contributed by atoms with Gasteiger partial charge in [0.25, 0.3) is 0 Å². The summed E-state index contributed by atoms with van der Waals surface area (Å²) in [7, 11) is -0.468. The SMILES string of the molecule is CC1(C)OB(c2cc(F)ccc2CC2CC2)OC1(C)C. The zero-order valence-corrected chi connectivity index (χ0v) is 12.7. The van der Waals surface area contributed by atoms with Gasteiger partial charge in [-0.15, -0.1) is 0 Å². The zero-order valence-electron chi connectivity index (χ0n) is 12.7. The molecule has 0 unspecified atom stereocenters. The second-order valence-electron chi connectivity index (χ2n) is 7.08. The fourth-order valence-corrected chi connectivity index (χ4v) is 2.57. The molecule has 1 aliphatic carbocycles. The van der Waals surface area contributed by atoms with E-state index in [2.05, 4.69) is 0 Å². The summed E-state index contributed by atoms with van der Waals surface area (Å²) in [6.45, 7) is 8.08. The van der Waals surface area contributed by atoms with Crippen molar-refractivity contribution in [1.29, 1.82) is 0 Å². The van der Waals surface area contributed by atoms with Crippen LogP contribution in [0, 0.1) is 11.7 Å². The van der Waals surface area contributed by atoms with Crippen molar-refractivity contribution in [2.24, 2.45) is 5.92 Å². The van der Waals surface area contributed by atoms with Crippen molar-refractivity contribution in [2.75, 3.05) is 0 Å². The van der Waals surface area contributed by atoms with E-state index in [1.165, 1.54) is 18.9 Å². The Labute approximate surface area is 120 Å². The summed E-state index contributed by atoms with van der Waals surface area (Å²) < 4.78 is 25.7. The van der Waals surface area contributed by atoms with Crippen molar-refractivity contribution >= 4 is 12.6 Å². The van der Waals surface area contributed by atoms with Gasteiger partial charge in [0.05, 0.1) is 11.2 Å². The molecular formula is C16H22BFO2. The summed E-state index contributed by atoms with van der Waals surface area (Å²) in [5, 5.41) is 0. The summed E-state index contributed by atoms with van der Waals surface area (Å²) in [6, 6.07) is 4.99. The first-order valence-electron chi connectivity index (χ1n) is 7.42. The fourth-order valence-electron chi connectivity index (χ4n) is 2.57. The van der Waals surface area contributed by atoms with Gasteiger partial charge in [-0.25, -0.2) is 4.39 Å². The Morgan fingerprint density at radius 2 is 1.75 bits per heavy atom. The van der Waals surface area contributed by atoms with Crippen molar-refractivity contribution in [3.63, 3.8) is 0 Å². The third-order valence-corrected chi connectivity index (χ3v) is 4.82. The van der Waals surface area contributed by atoms with Crippen LogP contribution < -0.4 is 5.46 Å². The number of hydrogen-bond donors (Lipinski definition) is 0. The lowest BCUT2D eigenvalue weighted by Gasteiger charge is -2.32. The van der Waals surface area contributed by atoms with Crippen LogP contribution in [0.2, 0.25) is 0 Å². The highest BCUT2D eigenvalue weighted by Crippen LogP contribution is 2.37. The monoisotopic (exact) mass is 276 g/mol. The first-order valence-corrected chi connectivity index (χ1v) is 7.42. The van der Waals surface area contributed by atoms with Crippen molar-refractivity contribution in [2.45, 2.75) is 58.2 Å². The van der Waals surface area contributed by atoms with E-state index in [1.54, 1.807) is 6.07 Å². The molecule has 20 heavy (non-hydrogen) atoms. The molecule has 1 heterocycles. The van der Waals surface area contributed by atoms with Gasteiger partial charge in [0.1, 0.15) is 5.82 Å². The Bertz CT molecular complexity index is 507. The molecule has 1 saturated heterocycles. The summed E-state index contributed by atoms with van der Waals surface area (Å²) in [5.74, 6) is 0.524. The molecule has 3 rings (SSSR count). The molecule has 0 aromatic heterocycles. The lowest BCUT2D eigenvalue weighted by molar-refractivity contribution is 0.00578. The molecule has 2 fully saturated rings. The van der Waals surface area contributed by atoms with Crippen LogP contribution in [-0.4, -0.2) is 18.3 Å². The maximum atomic E-state index is 13.6. The Hall–Kier alpha value is -0.865. The van der Waals surface area contributed by atoms with Crippen molar-refractivity contribution in [1.82, 2.24) is 0 Å². The minimum absolute atomic E-state index is 0.228. The van der Waals surface area contributed by atoms with E-state index in [-0.39, 0.29) is 17.0 Å². The standard InChI is InChI=1S/C16H22BFO2/c1-15(2)16(3,4)20-17(19-15)14-10-13(18)8-7-12(14)9-11-5-6-11/h7-8,10-11H,5-6,9H2,1-4H3. The van der Waals surface area contributed by atoms with E-state index in [0.717, 1.165) is 23.4 Å². The Morgan fingerprint density at radius 1 is 1.15 bits per heavy atom. The predicted molar refractivity (Wildman–Crippen MR) is 78.5 cm³/mol. The van der Waals surface area contributed by atoms with E-state index < -0.39 is 7.12 Å². The molecule has 108 valence electrons. The molecule has 2 nitrogen and oxygen atoms in total. The lowest BCUT2D eigenvalue weighted by atomic mass is 9.75. The highest BCUT2D eigenvalue weighted by Gasteiger charge is 2.52. The molecule has 1 saturated carbocycles. The first kappa shape index (κ1) is 14.1. The molecule has 1 aromatic carbocycles. The van der Waals surface area contributed by atoms with E-state index in [4.69, 9.17) is 9.31 Å². The van der Waals surface area contributed by atoms with Gasteiger partial charge in [-0.2, -0.15) is 0 Å². The minimum atomic E-state index is -0.468. The molecule has 1 aliphatic heterocycles. The Balaban J connectivity index is 1.91. The third kappa shape index (κ3) is 2.51. The molecular weight excluding hydrogens is 254 g/mol. The summed E-state index contributed by atoms with van der Waals surface area (Å²) in [5.41, 5.74) is 1.24. The smallest absolute Gasteiger partial charge is 0.399 e. The van der Waals surface area contributed by atoms with E-state index in [0.29, 0.717) is 0 Å². The second kappa shape index (κ2) is 4.57. The van der Waals surface area contributed by atoms with Gasteiger partial charge >= 0.3 is 7.12 Å². The van der Waals surface area contributed by atoms with Gasteiger partial charge < -0.3 is 9.31 Å². The van der Waals surface area contributed by atoms with E-state index in [9.17, 15) is 4.39 Å². The first-order chi connectivity index (χ1) is 9.28. The van der Waals surface area contributed by atoms with Crippen molar-refractivity contribution in [3.05, 3.63) is 29.6 Å². The van der Waals surface area contributed by atoms with Gasteiger partial charge in [-0.05, 0) is 76.0 Å². The molecule has 0 atom stereocenters. The van der Waals surface area contributed by atoms with Crippen LogP contribution in [0.5, 0.6) is 0 Å². The van der Waals surface area contributed by atoms with Crippen LogP contribution in [0.15, 0.2) is 18.2 Å². The topological polar surface area (TPSA) is 18.5 Å². The molecule has 4 heteroatoms. The number of hydrogen-bond acceptors (Lipinski definition) is 2. The number of rotatable bonds is 3. The van der Waals surface area contributed by atoms with Gasteiger partial charge in [0.15, 0.2) is 0 Å². The van der Waals surface area contributed by atoms with Crippen LogP contribution >= 0.6 is 0 Å². The zero-order chi connectivity index (χ0) is 14.5. The van der Waals surface area contributed by atoms with Gasteiger partial charge in [0, 0.05) is 0 Å². The fraction of sp³-hybridized carbons (Fsp3) is 0.625. The normalized spacial score (nSPS) is 24.1. The maximum absolute atomic E-state index is 13.6. The average molecular weight is 276 g/mol.